The van der Waals surface area contributed by atoms with Crippen molar-refractivity contribution in [3.8, 4) is 26.6 Å². The van der Waals surface area contributed by atoms with E-state index in [2.05, 4.69) is 38.1 Å². The summed E-state index contributed by atoms with van der Waals surface area (Å²) < 4.78 is 21.2. The lowest BCUT2D eigenvalue weighted by Crippen LogP contribution is -2.11. The molecule has 0 spiro atoms. The quantitative estimate of drug-likeness (QED) is 0.353. The van der Waals surface area contributed by atoms with Crippen LogP contribution >= 0.6 is 11.3 Å². The molecule has 2 atom stereocenters. The molecule has 0 amide bonds. The molecule has 2 aromatic carbocycles. The smallest absolute Gasteiger partial charge is 0.174 e. The molecule has 3 aromatic rings. The van der Waals surface area contributed by atoms with E-state index in [1.807, 2.05) is 24.3 Å². The number of hydrogen-bond acceptors (Lipinski definition) is 2. The van der Waals surface area contributed by atoms with Crippen molar-refractivity contribution in [3.63, 3.8) is 0 Å². The number of rotatable bonds is 8. The largest absolute Gasteiger partial charge is 0.481 e. The van der Waals surface area contributed by atoms with Crippen molar-refractivity contribution in [3.05, 3.63) is 66.0 Å². The average molecular weight is 423 g/mol. The van der Waals surface area contributed by atoms with Crippen LogP contribution in [-0.2, 0) is 6.42 Å². The maximum absolute atomic E-state index is 14.9. The van der Waals surface area contributed by atoms with Gasteiger partial charge in [-0.2, -0.15) is 0 Å². The molecule has 1 aromatic heterocycles. The first-order chi connectivity index (χ1) is 14.7. The molecule has 0 N–H and O–H groups in total. The molecule has 1 aliphatic carbocycles. The molecule has 1 saturated carbocycles. The van der Waals surface area contributed by atoms with Crippen molar-refractivity contribution in [2.24, 2.45) is 5.92 Å². The fourth-order valence-corrected chi connectivity index (χ4v) is 5.49. The Balaban J connectivity index is 1.45. The van der Waals surface area contributed by atoms with Gasteiger partial charge in [0.15, 0.2) is 5.06 Å². The first kappa shape index (κ1) is 21.1. The topological polar surface area (TPSA) is 9.23 Å². The molecule has 3 heteroatoms. The normalized spacial score (nSPS) is 18.6. The van der Waals surface area contributed by atoms with Crippen LogP contribution in [0.25, 0.3) is 21.6 Å². The Hall–Kier alpha value is -2.13. The van der Waals surface area contributed by atoms with E-state index in [0.717, 1.165) is 52.7 Å². The number of thiophene rings is 1. The van der Waals surface area contributed by atoms with Crippen molar-refractivity contribution in [2.75, 3.05) is 0 Å². The maximum atomic E-state index is 14.9. The summed E-state index contributed by atoms with van der Waals surface area (Å²) in [6.07, 6.45) is 8.64. The standard InChI is InChI=1S/C27H31FOS/c1-3-5-19-7-10-21(11-8-19)22-12-14-24(25(28)18-22)26-15-16-27(30-26)29-23-13-9-20(17-23)6-4-2/h7-8,10-12,14-16,18,20,23H,3-6,9,13,17H2,1-2H3. The van der Waals surface area contributed by atoms with Gasteiger partial charge in [0.25, 0.3) is 0 Å². The summed E-state index contributed by atoms with van der Waals surface area (Å²) in [5, 5.41) is 0.905. The fraction of sp³-hybridized carbons (Fsp3) is 0.407. The summed E-state index contributed by atoms with van der Waals surface area (Å²) in [6.45, 7) is 4.43. The van der Waals surface area contributed by atoms with Gasteiger partial charge < -0.3 is 4.74 Å². The molecule has 1 heterocycles. The predicted octanol–water partition coefficient (Wildman–Crippen LogP) is 8.52. The van der Waals surface area contributed by atoms with Gasteiger partial charge in [-0.3, -0.25) is 0 Å². The monoisotopic (exact) mass is 422 g/mol. The van der Waals surface area contributed by atoms with E-state index >= 15 is 0 Å². The second kappa shape index (κ2) is 9.78. The van der Waals surface area contributed by atoms with Crippen molar-refractivity contribution in [1.29, 1.82) is 0 Å². The second-order valence-corrected chi connectivity index (χ2v) is 9.51. The molecular formula is C27H31FOS. The molecular weight excluding hydrogens is 391 g/mol. The lowest BCUT2D eigenvalue weighted by Gasteiger charge is -2.12. The molecule has 1 nitrogen and oxygen atoms in total. The van der Waals surface area contributed by atoms with Gasteiger partial charge in [0.05, 0.1) is 6.10 Å². The lowest BCUT2D eigenvalue weighted by atomic mass is 10.0. The van der Waals surface area contributed by atoms with Crippen LogP contribution in [0.1, 0.15) is 57.9 Å². The first-order valence-electron chi connectivity index (χ1n) is 11.3. The minimum absolute atomic E-state index is 0.178. The minimum Gasteiger partial charge on any atom is -0.481 e. The van der Waals surface area contributed by atoms with E-state index in [1.165, 1.54) is 24.8 Å². The van der Waals surface area contributed by atoms with Crippen LogP contribution < -0.4 is 4.74 Å². The van der Waals surface area contributed by atoms with E-state index in [4.69, 9.17) is 4.74 Å². The van der Waals surface area contributed by atoms with E-state index in [1.54, 1.807) is 17.4 Å². The number of aryl methyl sites for hydroxylation is 1. The van der Waals surface area contributed by atoms with Gasteiger partial charge in [-0.05, 0) is 72.6 Å². The Kier molecular flexibility index (Phi) is 6.89. The Morgan fingerprint density at radius 1 is 0.933 bits per heavy atom. The van der Waals surface area contributed by atoms with Crippen LogP contribution in [0, 0.1) is 11.7 Å². The van der Waals surface area contributed by atoms with Gasteiger partial charge in [0.1, 0.15) is 5.82 Å². The molecule has 1 fully saturated rings. The fourth-order valence-electron chi connectivity index (χ4n) is 4.55. The molecule has 0 bridgehead atoms. The second-order valence-electron chi connectivity index (χ2n) is 8.47. The summed E-state index contributed by atoms with van der Waals surface area (Å²) in [4.78, 5) is 0.926. The van der Waals surface area contributed by atoms with Crippen LogP contribution in [0.15, 0.2) is 54.6 Å². The van der Waals surface area contributed by atoms with E-state index < -0.39 is 0 Å². The zero-order valence-electron chi connectivity index (χ0n) is 18.0. The van der Waals surface area contributed by atoms with Crippen molar-refractivity contribution >= 4 is 11.3 Å². The van der Waals surface area contributed by atoms with Gasteiger partial charge in [0.2, 0.25) is 0 Å². The van der Waals surface area contributed by atoms with E-state index in [-0.39, 0.29) is 5.82 Å². The zero-order valence-corrected chi connectivity index (χ0v) is 18.8. The van der Waals surface area contributed by atoms with Gasteiger partial charge in [-0.25, -0.2) is 4.39 Å². The maximum Gasteiger partial charge on any atom is 0.174 e. The van der Waals surface area contributed by atoms with E-state index in [9.17, 15) is 4.39 Å². The number of halogens is 1. The summed E-state index contributed by atoms with van der Waals surface area (Å²) in [5.41, 5.74) is 3.95. The highest BCUT2D eigenvalue weighted by atomic mass is 32.1. The third-order valence-electron chi connectivity index (χ3n) is 6.11. The highest BCUT2D eigenvalue weighted by Gasteiger charge is 2.25. The molecule has 0 radical (unpaired) electrons. The van der Waals surface area contributed by atoms with Crippen molar-refractivity contribution in [1.82, 2.24) is 0 Å². The number of hydrogen-bond donors (Lipinski definition) is 0. The molecule has 158 valence electrons. The third kappa shape index (κ3) is 4.95. The highest BCUT2D eigenvalue weighted by molar-refractivity contribution is 7.17. The summed E-state index contributed by atoms with van der Waals surface area (Å²) >= 11 is 1.55. The summed E-state index contributed by atoms with van der Waals surface area (Å²) in [7, 11) is 0. The van der Waals surface area contributed by atoms with Gasteiger partial charge in [-0.1, -0.05) is 74.8 Å². The zero-order chi connectivity index (χ0) is 20.9. The first-order valence-corrected chi connectivity index (χ1v) is 12.1. The number of ether oxygens (including phenoxy) is 1. The summed E-state index contributed by atoms with van der Waals surface area (Å²) in [5.74, 6) is 0.628. The third-order valence-corrected chi connectivity index (χ3v) is 7.12. The lowest BCUT2D eigenvalue weighted by molar-refractivity contribution is 0.210. The highest BCUT2D eigenvalue weighted by Crippen LogP contribution is 2.39. The van der Waals surface area contributed by atoms with Gasteiger partial charge in [0, 0.05) is 10.4 Å². The predicted molar refractivity (Wildman–Crippen MR) is 126 cm³/mol. The Labute approximate surface area is 183 Å². The van der Waals surface area contributed by atoms with Crippen LogP contribution in [0.4, 0.5) is 4.39 Å². The van der Waals surface area contributed by atoms with Gasteiger partial charge >= 0.3 is 0 Å². The molecule has 0 saturated heterocycles. The Morgan fingerprint density at radius 3 is 2.47 bits per heavy atom. The van der Waals surface area contributed by atoms with Gasteiger partial charge in [-0.15, -0.1) is 0 Å². The van der Waals surface area contributed by atoms with Crippen LogP contribution in [0.2, 0.25) is 0 Å². The van der Waals surface area contributed by atoms with E-state index in [0.29, 0.717) is 11.7 Å². The SMILES string of the molecule is CCCc1ccc(-c2ccc(-c3ccc(OC4CCC(CCC)C4)s3)c(F)c2)cc1. The Morgan fingerprint density at radius 2 is 1.73 bits per heavy atom. The van der Waals surface area contributed by atoms with Crippen LogP contribution in [0.3, 0.4) is 0 Å². The molecule has 0 aliphatic heterocycles. The van der Waals surface area contributed by atoms with Crippen molar-refractivity contribution in [2.45, 2.75) is 64.9 Å². The molecule has 1 aliphatic rings. The average Bonchev–Trinajstić information content (AvgIpc) is 3.39. The summed E-state index contributed by atoms with van der Waals surface area (Å²) in [6, 6.07) is 18.0. The van der Waals surface area contributed by atoms with Crippen molar-refractivity contribution < 1.29 is 9.13 Å². The van der Waals surface area contributed by atoms with Crippen LogP contribution in [0.5, 0.6) is 5.06 Å². The minimum atomic E-state index is -0.178. The van der Waals surface area contributed by atoms with Crippen LogP contribution in [-0.4, -0.2) is 6.10 Å². The molecule has 30 heavy (non-hydrogen) atoms. The Bertz CT molecular complexity index is 959. The molecule has 4 rings (SSSR count). The molecule has 2 unspecified atom stereocenters. The number of benzene rings is 2.